The third kappa shape index (κ3) is 2.65. The van der Waals surface area contributed by atoms with Crippen molar-refractivity contribution in [1.82, 2.24) is 0 Å². The Morgan fingerprint density at radius 3 is 2.32 bits per heavy atom. The smallest absolute Gasteiger partial charge is 0.343 e. The normalized spacial score (nSPS) is 10.2. The van der Waals surface area contributed by atoms with E-state index in [0.29, 0.717) is 21.9 Å². The van der Waals surface area contributed by atoms with Gasteiger partial charge < -0.3 is 4.74 Å². The van der Waals surface area contributed by atoms with Crippen LogP contribution in [0.5, 0.6) is 5.75 Å². The molecule has 0 aromatic heterocycles. The minimum absolute atomic E-state index is 0.415. The number of carbonyl (C=O) groups excluding carboxylic acids is 1. The number of fused-ring (bicyclic) bond motifs is 1. The summed E-state index contributed by atoms with van der Waals surface area (Å²) in [4.78, 5) is 12.2. The number of rotatable bonds is 2. The number of nitriles is 1. The van der Waals surface area contributed by atoms with E-state index in [-0.39, 0.29) is 0 Å². The Morgan fingerprint density at radius 2 is 1.64 bits per heavy atom. The van der Waals surface area contributed by atoms with Crippen molar-refractivity contribution in [3.63, 3.8) is 0 Å². The summed E-state index contributed by atoms with van der Waals surface area (Å²) >= 11 is 5.81. The van der Waals surface area contributed by atoms with E-state index in [2.05, 4.69) is 6.07 Å². The first-order valence-corrected chi connectivity index (χ1v) is 6.96. The monoisotopic (exact) mass is 307 g/mol. The molecule has 0 radical (unpaired) electrons. The molecule has 22 heavy (non-hydrogen) atoms. The maximum atomic E-state index is 12.2. The molecule has 0 amide bonds. The Bertz CT molecular complexity index is 895. The summed E-state index contributed by atoms with van der Waals surface area (Å²) in [6.45, 7) is 0. The van der Waals surface area contributed by atoms with Crippen LogP contribution in [0.15, 0.2) is 60.7 Å². The molecule has 0 aliphatic heterocycles. The van der Waals surface area contributed by atoms with Crippen molar-refractivity contribution in [2.45, 2.75) is 0 Å². The molecule has 0 atom stereocenters. The van der Waals surface area contributed by atoms with Crippen molar-refractivity contribution in [1.29, 1.82) is 5.26 Å². The lowest BCUT2D eigenvalue weighted by Crippen LogP contribution is -2.08. The van der Waals surface area contributed by atoms with E-state index in [9.17, 15) is 4.79 Å². The van der Waals surface area contributed by atoms with Gasteiger partial charge in [0, 0.05) is 15.8 Å². The van der Waals surface area contributed by atoms with E-state index in [1.54, 1.807) is 36.4 Å². The van der Waals surface area contributed by atoms with Crippen molar-refractivity contribution in [3.05, 3.63) is 76.8 Å². The first-order chi connectivity index (χ1) is 10.7. The molecular weight excluding hydrogens is 298 g/mol. The fourth-order valence-electron chi connectivity index (χ4n) is 2.20. The van der Waals surface area contributed by atoms with E-state index >= 15 is 0 Å². The van der Waals surface area contributed by atoms with Gasteiger partial charge in [-0.05, 0) is 36.4 Å². The number of halogens is 1. The zero-order chi connectivity index (χ0) is 15.5. The Balaban J connectivity index is 1.99. The maximum Gasteiger partial charge on any atom is 0.343 e. The molecule has 3 aromatic rings. The van der Waals surface area contributed by atoms with Crippen LogP contribution in [0.3, 0.4) is 0 Å². The summed E-state index contributed by atoms with van der Waals surface area (Å²) in [5, 5.41) is 11.2. The van der Waals surface area contributed by atoms with Gasteiger partial charge in [0.05, 0.1) is 17.2 Å². The summed E-state index contributed by atoms with van der Waals surface area (Å²) < 4.78 is 5.46. The molecular formula is C18H10ClNO2. The number of ether oxygens (including phenoxy) is 1. The average Bonchev–Trinajstić information content (AvgIpc) is 2.55. The fourth-order valence-corrected chi connectivity index (χ4v) is 2.33. The van der Waals surface area contributed by atoms with Gasteiger partial charge >= 0.3 is 5.97 Å². The third-order valence-corrected chi connectivity index (χ3v) is 3.54. The Hall–Kier alpha value is -2.83. The largest absolute Gasteiger partial charge is 0.422 e. The van der Waals surface area contributed by atoms with Gasteiger partial charge in [0.15, 0.2) is 0 Å². The van der Waals surface area contributed by atoms with Crippen LogP contribution in [-0.2, 0) is 0 Å². The number of nitrogens with zero attached hydrogens (tertiary/aromatic N) is 1. The first kappa shape index (κ1) is 14.1. The van der Waals surface area contributed by atoms with Gasteiger partial charge in [0.1, 0.15) is 5.75 Å². The van der Waals surface area contributed by atoms with E-state index in [4.69, 9.17) is 21.6 Å². The Morgan fingerprint density at radius 1 is 0.955 bits per heavy atom. The zero-order valence-electron chi connectivity index (χ0n) is 11.4. The molecule has 0 N–H and O–H groups in total. The molecule has 106 valence electrons. The van der Waals surface area contributed by atoms with Crippen LogP contribution >= 0.6 is 11.6 Å². The van der Waals surface area contributed by atoms with Crippen molar-refractivity contribution in [2.75, 3.05) is 0 Å². The molecule has 0 aliphatic carbocycles. The van der Waals surface area contributed by atoms with Gasteiger partial charge in [0.2, 0.25) is 0 Å². The number of carbonyl (C=O) groups is 1. The number of benzene rings is 3. The van der Waals surface area contributed by atoms with E-state index in [1.165, 1.54) is 0 Å². The van der Waals surface area contributed by atoms with Crippen molar-refractivity contribution in [3.8, 4) is 11.8 Å². The summed E-state index contributed by atoms with van der Waals surface area (Å²) in [7, 11) is 0. The number of hydrogen-bond donors (Lipinski definition) is 0. The van der Waals surface area contributed by atoms with E-state index < -0.39 is 5.97 Å². The molecule has 0 bridgehead atoms. The molecule has 0 heterocycles. The summed E-state index contributed by atoms with van der Waals surface area (Å²) in [6, 6.07) is 19.2. The van der Waals surface area contributed by atoms with Crippen molar-refractivity contribution < 1.29 is 9.53 Å². The molecule has 0 saturated carbocycles. The number of hydrogen-bond acceptors (Lipinski definition) is 3. The molecule has 0 unspecified atom stereocenters. The second-order valence-corrected chi connectivity index (χ2v) is 5.10. The zero-order valence-corrected chi connectivity index (χ0v) is 12.2. The summed E-state index contributed by atoms with van der Waals surface area (Å²) in [5.74, 6) is -0.0407. The lowest BCUT2D eigenvalue weighted by Gasteiger charge is -2.09. The summed E-state index contributed by atoms with van der Waals surface area (Å²) in [5.41, 5.74) is 0.958. The molecule has 3 rings (SSSR count). The molecule has 3 nitrogen and oxygen atoms in total. The highest BCUT2D eigenvalue weighted by atomic mass is 35.5. The molecule has 3 aromatic carbocycles. The van der Waals surface area contributed by atoms with Gasteiger partial charge in [-0.2, -0.15) is 5.26 Å². The fraction of sp³-hybridized carbons (Fsp3) is 0. The highest BCUT2D eigenvalue weighted by Gasteiger charge is 2.12. The highest BCUT2D eigenvalue weighted by molar-refractivity contribution is 6.30. The molecule has 0 aliphatic rings. The molecule has 4 heteroatoms. The SMILES string of the molecule is N#Cc1ccc(OC(=O)c2ccc(Cl)cc2)c2ccccc12. The standard InChI is InChI=1S/C18H10ClNO2/c19-14-8-5-12(6-9-14)18(21)22-17-10-7-13(11-20)15-3-1-2-4-16(15)17/h1-10H. The van der Waals surface area contributed by atoms with Gasteiger partial charge in [0.25, 0.3) is 0 Å². The topological polar surface area (TPSA) is 50.1 Å². The minimum Gasteiger partial charge on any atom is -0.422 e. The van der Waals surface area contributed by atoms with Crippen LogP contribution in [-0.4, -0.2) is 5.97 Å². The van der Waals surface area contributed by atoms with Crippen LogP contribution in [0.25, 0.3) is 10.8 Å². The van der Waals surface area contributed by atoms with Crippen LogP contribution < -0.4 is 4.74 Å². The van der Waals surface area contributed by atoms with Crippen molar-refractivity contribution in [2.24, 2.45) is 0 Å². The quantitative estimate of drug-likeness (QED) is 0.514. The second kappa shape index (κ2) is 5.88. The molecule has 0 spiro atoms. The minimum atomic E-state index is -0.466. The van der Waals surface area contributed by atoms with Crippen LogP contribution in [0, 0.1) is 11.3 Å². The lowest BCUT2D eigenvalue weighted by atomic mass is 10.0. The maximum absolute atomic E-state index is 12.2. The van der Waals surface area contributed by atoms with Crippen LogP contribution in [0.4, 0.5) is 0 Å². The van der Waals surface area contributed by atoms with Crippen LogP contribution in [0.2, 0.25) is 5.02 Å². The molecule has 0 fully saturated rings. The van der Waals surface area contributed by atoms with Gasteiger partial charge in [-0.3, -0.25) is 0 Å². The van der Waals surface area contributed by atoms with E-state index in [1.807, 2.05) is 24.3 Å². The van der Waals surface area contributed by atoms with Gasteiger partial charge in [-0.25, -0.2) is 4.79 Å². The van der Waals surface area contributed by atoms with Crippen molar-refractivity contribution >= 4 is 28.3 Å². The highest BCUT2D eigenvalue weighted by Crippen LogP contribution is 2.28. The molecule has 0 saturated heterocycles. The number of esters is 1. The Labute approximate surface area is 132 Å². The predicted octanol–water partition coefficient (Wildman–Crippen LogP) is 4.58. The van der Waals surface area contributed by atoms with Crippen LogP contribution in [0.1, 0.15) is 15.9 Å². The third-order valence-electron chi connectivity index (χ3n) is 3.29. The predicted molar refractivity (Wildman–Crippen MR) is 85.1 cm³/mol. The second-order valence-electron chi connectivity index (χ2n) is 4.67. The summed E-state index contributed by atoms with van der Waals surface area (Å²) in [6.07, 6.45) is 0. The van der Waals surface area contributed by atoms with Gasteiger partial charge in [-0.1, -0.05) is 35.9 Å². The van der Waals surface area contributed by atoms with Gasteiger partial charge in [-0.15, -0.1) is 0 Å². The average molecular weight is 308 g/mol. The Kier molecular flexibility index (Phi) is 3.78. The lowest BCUT2D eigenvalue weighted by molar-refractivity contribution is 0.0737. The first-order valence-electron chi connectivity index (χ1n) is 6.58. The van der Waals surface area contributed by atoms with E-state index in [0.717, 1.165) is 10.8 Å².